The first-order valence-electron chi connectivity index (χ1n) is 2.79. The molecule has 1 aromatic rings. The fraction of sp³-hybridized carbons (Fsp3) is 0.250. The van der Waals surface area contributed by atoms with E-state index < -0.39 is 26.2 Å². The molecule has 1 heterocycles. The highest BCUT2D eigenvalue weighted by molar-refractivity contribution is 14.1. The van der Waals surface area contributed by atoms with Gasteiger partial charge in [0.2, 0.25) is 5.69 Å². The number of halogens is 4. The zero-order chi connectivity index (χ0) is 10.2. The summed E-state index contributed by atoms with van der Waals surface area (Å²) in [7, 11) is 0. The molecule has 0 radical (unpaired) electrons. The number of nitrogens with one attached hydrogen (secondary N) is 1. The van der Waals surface area contributed by atoms with Gasteiger partial charge in [0.15, 0.2) is 0 Å². The van der Waals surface area contributed by atoms with E-state index >= 15 is 0 Å². The number of H-pyrrole nitrogens is 1. The smallest absolute Gasteiger partial charge is 0.358 e. The number of hydrogen-bond acceptors (Lipinski definition) is 3. The Morgan fingerprint density at radius 2 is 2.08 bits per heavy atom. The third-order valence-electron chi connectivity index (χ3n) is 1.14. The Hall–Kier alpha value is -0.870. The lowest BCUT2D eigenvalue weighted by molar-refractivity contribution is -0.390. The third-order valence-corrected chi connectivity index (χ3v) is 2.16. The quantitative estimate of drug-likeness (QED) is 0.489. The number of alkyl halides is 3. The zero-order valence-corrected chi connectivity index (χ0v) is 7.88. The molecule has 1 N–H and O–H groups in total. The second-order valence-corrected chi connectivity index (χ2v) is 3.07. The fourth-order valence-corrected chi connectivity index (χ4v) is 1.37. The molecule has 0 spiro atoms. The molecule has 13 heavy (non-hydrogen) atoms. The summed E-state index contributed by atoms with van der Waals surface area (Å²) in [6, 6.07) is 0. The second-order valence-electron chi connectivity index (χ2n) is 1.99. The molecule has 1 aromatic heterocycles. The van der Waals surface area contributed by atoms with Crippen LogP contribution < -0.4 is 0 Å². The Kier molecular flexibility index (Phi) is 2.45. The predicted molar refractivity (Wildman–Crippen MR) is 43.0 cm³/mol. The van der Waals surface area contributed by atoms with E-state index in [1.54, 1.807) is 5.10 Å². The lowest BCUT2D eigenvalue weighted by Gasteiger charge is -1.99. The van der Waals surface area contributed by atoms with Crippen molar-refractivity contribution in [1.29, 1.82) is 0 Å². The van der Waals surface area contributed by atoms with E-state index in [0.29, 0.717) is 0 Å². The summed E-state index contributed by atoms with van der Waals surface area (Å²) in [4.78, 5) is 9.17. The second kappa shape index (κ2) is 3.12. The van der Waals surface area contributed by atoms with Crippen molar-refractivity contribution < 1.29 is 18.1 Å². The molecule has 0 saturated carbocycles. The van der Waals surface area contributed by atoms with Crippen LogP contribution in [-0.2, 0) is 6.18 Å². The standard InChI is InChI=1S/C4HF3IN3O2/c5-4(6,7)2-1(8)3(10-9-2)11(12)13/h(H,9,10). The summed E-state index contributed by atoms with van der Waals surface area (Å²) < 4.78 is 35.5. The maximum absolute atomic E-state index is 12.0. The van der Waals surface area contributed by atoms with Crippen LogP contribution in [0.15, 0.2) is 0 Å². The Morgan fingerprint density at radius 3 is 2.31 bits per heavy atom. The monoisotopic (exact) mass is 307 g/mol. The molecule has 0 aliphatic rings. The highest BCUT2D eigenvalue weighted by atomic mass is 127. The SMILES string of the molecule is O=[N+]([O-])c1[nH]nc(C(F)(F)F)c1I. The van der Waals surface area contributed by atoms with Gasteiger partial charge < -0.3 is 10.1 Å². The minimum absolute atomic E-state index is 0.532. The topological polar surface area (TPSA) is 71.8 Å². The first-order chi connectivity index (χ1) is 5.84. The average Bonchev–Trinajstić information content (AvgIpc) is 2.28. The van der Waals surface area contributed by atoms with Gasteiger partial charge in [0.25, 0.3) is 0 Å². The third kappa shape index (κ3) is 1.89. The fourth-order valence-electron chi connectivity index (χ4n) is 0.628. The van der Waals surface area contributed by atoms with Crippen molar-refractivity contribution in [1.82, 2.24) is 10.2 Å². The van der Waals surface area contributed by atoms with Crippen LogP contribution >= 0.6 is 22.6 Å². The molecule has 0 atom stereocenters. The minimum atomic E-state index is -4.67. The van der Waals surface area contributed by atoms with Gasteiger partial charge in [-0.25, -0.2) is 0 Å². The lowest BCUT2D eigenvalue weighted by Crippen LogP contribution is -2.07. The van der Waals surface area contributed by atoms with E-state index in [9.17, 15) is 23.3 Å². The molecule has 0 unspecified atom stereocenters. The van der Waals surface area contributed by atoms with E-state index in [0.717, 1.165) is 0 Å². The molecule has 0 saturated heterocycles. The zero-order valence-electron chi connectivity index (χ0n) is 5.72. The van der Waals surface area contributed by atoms with Crippen LogP contribution in [0.1, 0.15) is 5.69 Å². The van der Waals surface area contributed by atoms with E-state index in [2.05, 4.69) is 5.10 Å². The highest BCUT2D eigenvalue weighted by Crippen LogP contribution is 2.34. The number of rotatable bonds is 1. The van der Waals surface area contributed by atoms with Gasteiger partial charge in [-0.05, 0) is 27.5 Å². The van der Waals surface area contributed by atoms with Gasteiger partial charge in [0.1, 0.15) is 3.57 Å². The number of aromatic nitrogens is 2. The predicted octanol–water partition coefficient (Wildman–Crippen LogP) is 1.94. The number of nitro groups is 1. The largest absolute Gasteiger partial charge is 0.438 e. The number of nitrogens with zero attached hydrogens (tertiary/aromatic N) is 2. The van der Waals surface area contributed by atoms with Crippen molar-refractivity contribution in [3.05, 3.63) is 19.4 Å². The van der Waals surface area contributed by atoms with Crippen molar-refractivity contribution >= 4 is 28.4 Å². The Morgan fingerprint density at radius 1 is 1.54 bits per heavy atom. The summed E-state index contributed by atoms with van der Waals surface area (Å²) in [6.45, 7) is 0. The van der Waals surface area contributed by atoms with Gasteiger partial charge in [-0.3, -0.25) is 0 Å². The van der Waals surface area contributed by atoms with Crippen molar-refractivity contribution in [2.24, 2.45) is 0 Å². The summed E-state index contributed by atoms with van der Waals surface area (Å²) in [5.74, 6) is -0.743. The van der Waals surface area contributed by atoms with Gasteiger partial charge in [0.05, 0.1) is 0 Å². The number of aromatic amines is 1. The Bertz CT molecular complexity index is 347. The molecule has 1 rings (SSSR count). The lowest BCUT2D eigenvalue weighted by atomic mass is 10.4. The molecule has 5 nitrogen and oxygen atoms in total. The molecule has 0 fully saturated rings. The van der Waals surface area contributed by atoms with Crippen molar-refractivity contribution in [3.63, 3.8) is 0 Å². The molecule has 72 valence electrons. The number of hydrogen-bond donors (Lipinski definition) is 1. The van der Waals surface area contributed by atoms with Crippen LogP contribution in [-0.4, -0.2) is 15.1 Å². The van der Waals surface area contributed by atoms with Gasteiger partial charge >= 0.3 is 12.0 Å². The van der Waals surface area contributed by atoms with Gasteiger partial charge in [0, 0.05) is 0 Å². The van der Waals surface area contributed by atoms with E-state index in [4.69, 9.17) is 0 Å². The van der Waals surface area contributed by atoms with Gasteiger partial charge in [-0.15, -0.1) is 5.10 Å². The first kappa shape index (κ1) is 10.2. The van der Waals surface area contributed by atoms with Crippen LogP contribution in [0.4, 0.5) is 19.0 Å². The first-order valence-corrected chi connectivity index (χ1v) is 3.87. The normalized spacial score (nSPS) is 11.7. The van der Waals surface area contributed by atoms with Gasteiger partial charge in [-0.1, -0.05) is 5.10 Å². The van der Waals surface area contributed by atoms with Crippen molar-refractivity contribution in [2.45, 2.75) is 6.18 Å². The van der Waals surface area contributed by atoms with Crippen LogP contribution in [0.25, 0.3) is 0 Å². The average molecular weight is 307 g/mol. The molecule has 0 aromatic carbocycles. The van der Waals surface area contributed by atoms with Gasteiger partial charge in [-0.2, -0.15) is 13.2 Å². The van der Waals surface area contributed by atoms with E-state index in [1.807, 2.05) is 0 Å². The maximum Gasteiger partial charge on any atom is 0.438 e. The summed E-state index contributed by atoms with van der Waals surface area (Å²) >= 11 is 1.22. The summed E-state index contributed by atoms with van der Waals surface area (Å²) in [5, 5.41) is 14.6. The van der Waals surface area contributed by atoms with E-state index in [1.165, 1.54) is 22.6 Å². The Balaban J connectivity index is 3.22. The molecule has 0 amide bonds. The molecule has 0 bridgehead atoms. The van der Waals surface area contributed by atoms with Crippen molar-refractivity contribution in [2.75, 3.05) is 0 Å². The highest BCUT2D eigenvalue weighted by Gasteiger charge is 2.40. The minimum Gasteiger partial charge on any atom is -0.358 e. The van der Waals surface area contributed by atoms with Crippen LogP contribution in [0, 0.1) is 13.7 Å². The molecular formula is C4HF3IN3O2. The molecule has 0 aliphatic carbocycles. The van der Waals surface area contributed by atoms with Crippen molar-refractivity contribution in [3.8, 4) is 0 Å². The molecular weight excluding hydrogens is 306 g/mol. The van der Waals surface area contributed by atoms with Crippen LogP contribution in [0.2, 0.25) is 0 Å². The van der Waals surface area contributed by atoms with Crippen LogP contribution in [0.5, 0.6) is 0 Å². The molecule has 0 aliphatic heterocycles. The molecule has 9 heteroatoms. The summed E-state index contributed by atoms with van der Waals surface area (Å²) in [6.07, 6.45) is -4.67. The Labute approximate surface area is 82.6 Å². The van der Waals surface area contributed by atoms with E-state index in [-0.39, 0.29) is 0 Å². The summed E-state index contributed by atoms with van der Waals surface area (Å²) in [5.41, 5.74) is -1.26. The maximum atomic E-state index is 12.0. The van der Waals surface area contributed by atoms with Crippen LogP contribution in [0.3, 0.4) is 0 Å².